The van der Waals surface area contributed by atoms with E-state index in [1.165, 1.54) is 57.8 Å². The second-order valence-electron chi connectivity index (χ2n) is 10.7. The molecule has 186 valence electrons. The van der Waals surface area contributed by atoms with Crippen molar-refractivity contribution in [2.24, 2.45) is 17.8 Å². The number of ether oxygens (including phenoxy) is 1. The molecule has 1 aromatic rings. The molecule has 2 saturated carbocycles. The lowest BCUT2D eigenvalue weighted by molar-refractivity contribution is 0.156. The molecular formula is C30H46F2O. The predicted molar refractivity (Wildman–Crippen MR) is 135 cm³/mol. The molecule has 0 heterocycles. The number of benzene rings is 1. The van der Waals surface area contributed by atoms with Crippen LogP contribution in [0.15, 0.2) is 24.8 Å². The molecule has 33 heavy (non-hydrogen) atoms. The van der Waals surface area contributed by atoms with Crippen molar-refractivity contribution in [3.63, 3.8) is 0 Å². The van der Waals surface area contributed by atoms with Crippen molar-refractivity contribution in [1.29, 1.82) is 0 Å². The van der Waals surface area contributed by atoms with E-state index < -0.39 is 11.6 Å². The van der Waals surface area contributed by atoms with Crippen LogP contribution in [0, 0.1) is 29.4 Å². The Labute approximate surface area is 201 Å². The molecule has 2 aliphatic rings. The van der Waals surface area contributed by atoms with Crippen LogP contribution in [0.1, 0.15) is 121 Å². The Morgan fingerprint density at radius 2 is 1.48 bits per heavy atom. The van der Waals surface area contributed by atoms with Crippen LogP contribution in [0.4, 0.5) is 8.78 Å². The number of rotatable bonds is 13. The molecular weight excluding hydrogens is 414 g/mol. The average Bonchev–Trinajstić information content (AvgIpc) is 2.85. The van der Waals surface area contributed by atoms with E-state index in [-0.39, 0.29) is 11.7 Å². The molecule has 0 saturated heterocycles. The summed E-state index contributed by atoms with van der Waals surface area (Å²) >= 11 is 0. The van der Waals surface area contributed by atoms with Gasteiger partial charge in [0.05, 0.1) is 6.61 Å². The second-order valence-corrected chi connectivity index (χ2v) is 10.7. The fourth-order valence-electron chi connectivity index (χ4n) is 6.24. The third-order valence-corrected chi connectivity index (χ3v) is 8.38. The van der Waals surface area contributed by atoms with Crippen LogP contribution in [-0.4, -0.2) is 6.61 Å². The van der Waals surface area contributed by atoms with E-state index in [9.17, 15) is 8.78 Å². The van der Waals surface area contributed by atoms with Crippen LogP contribution >= 0.6 is 0 Å². The Hall–Kier alpha value is -1.38. The monoisotopic (exact) mass is 460 g/mol. The lowest BCUT2D eigenvalue weighted by Crippen LogP contribution is -2.25. The van der Waals surface area contributed by atoms with E-state index in [4.69, 9.17) is 4.74 Å². The molecule has 0 aliphatic heterocycles. The summed E-state index contributed by atoms with van der Waals surface area (Å²) in [6.07, 6.45) is 21.1. The molecule has 2 aliphatic carbocycles. The van der Waals surface area contributed by atoms with Gasteiger partial charge in [-0.15, -0.1) is 6.58 Å². The summed E-state index contributed by atoms with van der Waals surface area (Å²) in [6, 6.07) is 3.44. The van der Waals surface area contributed by atoms with E-state index in [1.54, 1.807) is 12.1 Å². The van der Waals surface area contributed by atoms with Gasteiger partial charge in [0.25, 0.3) is 0 Å². The smallest absolute Gasteiger partial charge is 0.200 e. The van der Waals surface area contributed by atoms with E-state index in [2.05, 4.69) is 13.5 Å². The predicted octanol–water partition coefficient (Wildman–Crippen LogP) is 9.75. The van der Waals surface area contributed by atoms with Gasteiger partial charge in [-0.25, -0.2) is 4.39 Å². The Morgan fingerprint density at radius 1 is 0.848 bits per heavy atom. The minimum Gasteiger partial charge on any atom is -0.490 e. The normalized spacial score (nSPS) is 25.7. The molecule has 0 spiro atoms. The fraction of sp³-hybridized carbons (Fsp3) is 0.733. The fourth-order valence-corrected chi connectivity index (χ4v) is 6.24. The first-order valence-electron chi connectivity index (χ1n) is 13.9. The summed E-state index contributed by atoms with van der Waals surface area (Å²) in [4.78, 5) is 0. The van der Waals surface area contributed by atoms with E-state index in [1.807, 2.05) is 6.08 Å². The molecule has 1 nitrogen and oxygen atoms in total. The third kappa shape index (κ3) is 7.82. The molecule has 0 aromatic heterocycles. The minimum absolute atomic E-state index is 0.0757. The molecule has 0 radical (unpaired) electrons. The van der Waals surface area contributed by atoms with Crippen molar-refractivity contribution in [1.82, 2.24) is 0 Å². The van der Waals surface area contributed by atoms with Gasteiger partial charge in [-0.1, -0.05) is 64.0 Å². The van der Waals surface area contributed by atoms with Crippen LogP contribution in [0.25, 0.3) is 0 Å². The number of halogens is 2. The van der Waals surface area contributed by atoms with Crippen molar-refractivity contribution in [2.75, 3.05) is 6.61 Å². The summed E-state index contributed by atoms with van der Waals surface area (Å²) < 4.78 is 35.2. The van der Waals surface area contributed by atoms with Crippen molar-refractivity contribution < 1.29 is 13.5 Å². The van der Waals surface area contributed by atoms with Gasteiger partial charge >= 0.3 is 0 Å². The maximum Gasteiger partial charge on any atom is 0.200 e. The molecule has 2 fully saturated rings. The van der Waals surface area contributed by atoms with Crippen molar-refractivity contribution in [3.8, 4) is 5.75 Å². The van der Waals surface area contributed by atoms with Crippen molar-refractivity contribution >= 4 is 0 Å². The van der Waals surface area contributed by atoms with E-state index in [0.29, 0.717) is 12.2 Å². The van der Waals surface area contributed by atoms with Crippen LogP contribution in [0.3, 0.4) is 0 Å². The van der Waals surface area contributed by atoms with E-state index in [0.717, 1.165) is 62.7 Å². The summed E-state index contributed by atoms with van der Waals surface area (Å²) in [5.41, 5.74) is 0.561. The van der Waals surface area contributed by atoms with Gasteiger partial charge in [0, 0.05) is 0 Å². The third-order valence-electron chi connectivity index (χ3n) is 8.38. The maximum atomic E-state index is 14.9. The number of unbranched alkanes of at least 4 members (excludes halogenated alkanes) is 5. The molecule has 1 aromatic carbocycles. The van der Waals surface area contributed by atoms with Crippen LogP contribution < -0.4 is 4.74 Å². The molecule has 0 amide bonds. The second kappa shape index (κ2) is 14.1. The molecule has 0 unspecified atom stereocenters. The van der Waals surface area contributed by atoms with Gasteiger partial charge in [0.15, 0.2) is 11.6 Å². The first-order chi connectivity index (χ1) is 16.1. The zero-order chi connectivity index (χ0) is 23.5. The maximum absolute atomic E-state index is 14.9. The van der Waals surface area contributed by atoms with Crippen LogP contribution in [-0.2, 0) is 0 Å². The molecule has 0 atom stereocenters. The lowest BCUT2D eigenvalue weighted by Gasteiger charge is -2.38. The average molecular weight is 461 g/mol. The Morgan fingerprint density at radius 3 is 2.15 bits per heavy atom. The largest absolute Gasteiger partial charge is 0.490 e. The zero-order valence-corrected chi connectivity index (χ0v) is 20.9. The summed E-state index contributed by atoms with van der Waals surface area (Å²) in [5.74, 6) is 1.24. The van der Waals surface area contributed by atoms with Crippen LogP contribution in [0.5, 0.6) is 5.75 Å². The first-order valence-corrected chi connectivity index (χ1v) is 13.9. The van der Waals surface area contributed by atoms with Crippen molar-refractivity contribution in [2.45, 2.75) is 116 Å². The quantitative estimate of drug-likeness (QED) is 0.210. The highest BCUT2D eigenvalue weighted by molar-refractivity contribution is 5.33. The highest BCUT2D eigenvalue weighted by Gasteiger charge is 2.32. The van der Waals surface area contributed by atoms with Gasteiger partial charge in [0.1, 0.15) is 0 Å². The Bertz CT molecular complexity index is 699. The molecule has 0 bridgehead atoms. The molecule has 0 N–H and O–H groups in total. The van der Waals surface area contributed by atoms with Gasteiger partial charge < -0.3 is 4.74 Å². The number of hydrogen-bond donors (Lipinski definition) is 0. The van der Waals surface area contributed by atoms with Gasteiger partial charge in [-0.2, -0.15) is 4.39 Å². The highest BCUT2D eigenvalue weighted by atomic mass is 19.2. The van der Waals surface area contributed by atoms with E-state index >= 15 is 0 Å². The molecule has 3 rings (SSSR count). The first kappa shape index (κ1) is 26.2. The topological polar surface area (TPSA) is 9.23 Å². The molecule has 3 heteroatoms. The summed E-state index contributed by atoms with van der Waals surface area (Å²) in [7, 11) is 0. The van der Waals surface area contributed by atoms with Crippen LogP contribution in [0.2, 0.25) is 0 Å². The van der Waals surface area contributed by atoms with Crippen molar-refractivity contribution in [3.05, 3.63) is 42.0 Å². The SMILES string of the molecule is C=CCCC1CCC(C2CCC(c3ccc(OCCCCCCCC)c(F)c3F)CC2)CC1. The Kier molecular flexibility index (Phi) is 11.2. The van der Waals surface area contributed by atoms with Gasteiger partial charge in [0.2, 0.25) is 5.82 Å². The van der Waals surface area contributed by atoms with Gasteiger partial charge in [-0.05, 0) is 93.1 Å². The highest BCUT2D eigenvalue weighted by Crippen LogP contribution is 2.45. The lowest BCUT2D eigenvalue weighted by atomic mass is 9.68. The summed E-state index contributed by atoms with van der Waals surface area (Å²) in [5, 5.41) is 0. The zero-order valence-electron chi connectivity index (χ0n) is 20.9. The summed E-state index contributed by atoms with van der Waals surface area (Å²) in [6.45, 7) is 6.52. The minimum atomic E-state index is -0.793. The number of allylic oxidation sites excluding steroid dienone is 1. The van der Waals surface area contributed by atoms with Gasteiger partial charge in [-0.3, -0.25) is 0 Å². The number of hydrogen-bond acceptors (Lipinski definition) is 1. The standard InChI is InChI=1S/C30H46F2O/c1-3-5-7-8-9-10-22-33-28-21-20-27(29(31)30(28)32)26-18-16-25(17-19-26)24-14-12-23(13-15-24)11-6-4-2/h4,20-21,23-26H,2-3,5-19,22H2,1H3. The Balaban J connectivity index is 1.42.